The molecule has 0 aliphatic carbocycles. The van der Waals surface area contributed by atoms with E-state index in [0.717, 1.165) is 55.6 Å². The number of rotatable bonds is 6. The third kappa shape index (κ3) is 5.52. The molecular weight excluding hydrogens is 396 g/mol. The summed E-state index contributed by atoms with van der Waals surface area (Å²) in [5.41, 5.74) is 2.72. The molecule has 0 spiro atoms. The Bertz CT molecular complexity index is 992. The predicted molar refractivity (Wildman–Crippen MR) is 117 cm³/mol. The molecule has 0 radical (unpaired) electrons. The summed E-state index contributed by atoms with van der Waals surface area (Å²) in [5.74, 6) is 0.882. The Hall–Kier alpha value is -3.59. The average Bonchev–Trinajstić information content (AvgIpc) is 3.50. The van der Waals surface area contributed by atoms with E-state index in [4.69, 9.17) is 8.94 Å². The molecule has 0 atom stereocenters. The highest BCUT2D eigenvalue weighted by Crippen LogP contribution is 2.13. The standard InChI is InChI=1S/C22H26N6O3/c1-23-22(28-10-8-27(9-11-28)16-19-7-13-31-26-19)24-15-17-4-2-5-18(14-17)25-21(29)20-6-3-12-30-20/h2-7,12-14H,8-11,15-16H2,1H3,(H,23,24)(H,25,29). The number of nitrogens with zero attached hydrogens (tertiary/aromatic N) is 4. The Balaban J connectivity index is 1.27. The number of guanidine groups is 1. The van der Waals surface area contributed by atoms with Crippen molar-refractivity contribution in [2.45, 2.75) is 13.1 Å². The summed E-state index contributed by atoms with van der Waals surface area (Å²) >= 11 is 0. The van der Waals surface area contributed by atoms with E-state index in [1.165, 1.54) is 6.26 Å². The van der Waals surface area contributed by atoms with Crippen molar-refractivity contribution in [3.63, 3.8) is 0 Å². The molecular formula is C22H26N6O3. The van der Waals surface area contributed by atoms with Gasteiger partial charge in [-0.2, -0.15) is 0 Å². The van der Waals surface area contributed by atoms with Gasteiger partial charge >= 0.3 is 0 Å². The molecule has 3 aromatic rings. The average molecular weight is 422 g/mol. The van der Waals surface area contributed by atoms with E-state index in [-0.39, 0.29) is 11.7 Å². The molecule has 4 rings (SSSR count). The van der Waals surface area contributed by atoms with E-state index in [1.807, 2.05) is 30.3 Å². The van der Waals surface area contributed by atoms with Crippen LogP contribution in [0.5, 0.6) is 0 Å². The number of aliphatic imine (C=N–C) groups is 1. The Labute approximate surface area is 180 Å². The van der Waals surface area contributed by atoms with Crippen LogP contribution in [0.1, 0.15) is 21.8 Å². The topological polar surface area (TPSA) is 99.1 Å². The van der Waals surface area contributed by atoms with E-state index in [0.29, 0.717) is 6.54 Å². The second kappa shape index (κ2) is 9.94. The van der Waals surface area contributed by atoms with Crippen LogP contribution in [0, 0.1) is 0 Å². The minimum Gasteiger partial charge on any atom is -0.459 e. The third-order valence-electron chi connectivity index (χ3n) is 5.14. The summed E-state index contributed by atoms with van der Waals surface area (Å²) in [4.78, 5) is 21.2. The summed E-state index contributed by atoms with van der Waals surface area (Å²) in [5, 5.41) is 10.3. The molecule has 31 heavy (non-hydrogen) atoms. The first-order valence-corrected chi connectivity index (χ1v) is 10.2. The van der Waals surface area contributed by atoms with Crippen molar-refractivity contribution in [2.75, 3.05) is 38.5 Å². The van der Waals surface area contributed by atoms with Crippen molar-refractivity contribution < 1.29 is 13.7 Å². The number of hydrogen-bond donors (Lipinski definition) is 2. The zero-order valence-corrected chi connectivity index (χ0v) is 17.5. The van der Waals surface area contributed by atoms with Gasteiger partial charge in [0.25, 0.3) is 5.91 Å². The molecule has 1 amide bonds. The first-order valence-electron chi connectivity index (χ1n) is 10.2. The van der Waals surface area contributed by atoms with Gasteiger partial charge in [0.05, 0.1) is 12.0 Å². The van der Waals surface area contributed by atoms with Crippen LogP contribution in [-0.2, 0) is 13.1 Å². The van der Waals surface area contributed by atoms with Gasteiger partial charge in [0.2, 0.25) is 0 Å². The number of amides is 1. The number of aromatic nitrogens is 1. The maximum absolute atomic E-state index is 12.2. The Kier molecular flexibility index (Phi) is 6.63. The molecule has 3 heterocycles. The molecule has 1 aliphatic heterocycles. The molecule has 2 N–H and O–H groups in total. The summed E-state index contributed by atoms with van der Waals surface area (Å²) in [7, 11) is 1.80. The van der Waals surface area contributed by atoms with Gasteiger partial charge in [-0.05, 0) is 29.8 Å². The van der Waals surface area contributed by atoms with Gasteiger partial charge < -0.3 is 24.5 Å². The van der Waals surface area contributed by atoms with Crippen LogP contribution in [0.4, 0.5) is 5.69 Å². The quantitative estimate of drug-likeness (QED) is 0.465. The van der Waals surface area contributed by atoms with Crippen LogP contribution >= 0.6 is 0 Å². The summed E-state index contributed by atoms with van der Waals surface area (Å²) in [6.45, 7) is 5.04. The molecule has 9 heteroatoms. The van der Waals surface area contributed by atoms with Gasteiger partial charge in [-0.1, -0.05) is 17.3 Å². The van der Waals surface area contributed by atoms with Gasteiger partial charge in [-0.25, -0.2) is 0 Å². The number of anilines is 1. The van der Waals surface area contributed by atoms with Crippen molar-refractivity contribution in [2.24, 2.45) is 4.99 Å². The lowest BCUT2D eigenvalue weighted by Gasteiger charge is -2.36. The van der Waals surface area contributed by atoms with Gasteiger partial charge in [0, 0.05) is 58.1 Å². The highest BCUT2D eigenvalue weighted by molar-refractivity contribution is 6.02. The Morgan fingerprint density at radius 3 is 2.71 bits per heavy atom. The van der Waals surface area contributed by atoms with Crippen molar-refractivity contribution in [3.8, 4) is 0 Å². The number of benzene rings is 1. The van der Waals surface area contributed by atoms with Crippen LogP contribution in [0.15, 0.2) is 68.9 Å². The van der Waals surface area contributed by atoms with Crippen molar-refractivity contribution in [3.05, 3.63) is 72.0 Å². The number of carbonyl (C=O) groups is 1. The molecule has 1 fully saturated rings. The lowest BCUT2D eigenvalue weighted by Crippen LogP contribution is -2.52. The maximum atomic E-state index is 12.2. The summed E-state index contributed by atoms with van der Waals surface area (Å²) in [6, 6.07) is 13.0. The fourth-order valence-electron chi connectivity index (χ4n) is 3.54. The first kappa shape index (κ1) is 20.7. The fraction of sp³-hybridized carbons (Fsp3) is 0.318. The zero-order chi connectivity index (χ0) is 21.5. The van der Waals surface area contributed by atoms with Crippen LogP contribution in [0.3, 0.4) is 0 Å². The minimum atomic E-state index is -0.269. The van der Waals surface area contributed by atoms with Crippen LogP contribution in [-0.4, -0.2) is 60.0 Å². The van der Waals surface area contributed by atoms with Crippen LogP contribution in [0.2, 0.25) is 0 Å². The lowest BCUT2D eigenvalue weighted by molar-refractivity contribution is 0.0996. The number of piperazine rings is 1. The van der Waals surface area contributed by atoms with E-state index in [1.54, 1.807) is 25.4 Å². The second-order valence-corrected chi connectivity index (χ2v) is 7.29. The number of nitrogens with one attached hydrogen (secondary N) is 2. The van der Waals surface area contributed by atoms with Crippen molar-refractivity contribution in [1.29, 1.82) is 0 Å². The van der Waals surface area contributed by atoms with Crippen LogP contribution < -0.4 is 10.6 Å². The molecule has 0 bridgehead atoms. The maximum Gasteiger partial charge on any atom is 0.291 e. The summed E-state index contributed by atoms with van der Waals surface area (Å²) < 4.78 is 10.0. The van der Waals surface area contributed by atoms with Gasteiger partial charge in [-0.15, -0.1) is 0 Å². The molecule has 1 saturated heterocycles. The normalized spacial score (nSPS) is 15.1. The van der Waals surface area contributed by atoms with E-state index in [2.05, 4.69) is 30.6 Å². The molecule has 1 aromatic carbocycles. The van der Waals surface area contributed by atoms with Crippen LogP contribution in [0.25, 0.3) is 0 Å². The van der Waals surface area contributed by atoms with E-state index >= 15 is 0 Å². The fourth-order valence-corrected chi connectivity index (χ4v) is 3.54. The third-order valence-corrected chi connectivity index (χ3v) is 5.14. The van der Waals surface area contributed by atoms with Crippen molar-refractivity contribution >= 4 is 17.6 Å². The second-order valence-electron chi connectivity index (χ2n) is 7.29. The minimum absolute atomic E-state index is 0.269. The van der Waals surface area contributed by atoms with Gasteiger partial charge in [0.15, 0.2) is 11.7 Å². The zero-order valence-electron chi connectivity index (χ0n) is 17.5. The predicted octanol–water partition coefficient (Wildman–Crippen LogP) is 2.41. The van der Waals surface area contributed by atoms with Gasteiger partial charge in [0.1, 0.15) is 6.26 Å². The Morgan fingerprint density at radius 2 is 2.00 bits per heavy atom. The number of furan rings is 1. The number of carbonyl (C=O) groups excluding carboxylic acids is 1. The Morgan fingerprint density at radius 1 is 1.13 bits per heavy atom. The largest absolute Gasteiger partial charge is 0.459 e. The molecule has 0 unspecified atom stereocenters. The lowest BCUT2D eigenvalue weighted by atomic mass is 10.2. The molecule has 0 saturated carbocycles. The molecule has 9 nitrogen and oxygen atoms in total. The van der Waals surface area contributed by atoms with Gasteiger partial charge in [-0.3, -0.25) is 14.7 Å². The SMILES string of the molecule is CN=C(NCc1cccc(NC(=O)c2ccco2)c1)N1CCN(Cc2ccon2)CC1. The molecule has 2 aromatic heterocycles. The van der Waals surface area contributed by atoms with E-state index < -0.39 is 0 Å². The summed E-state index contributed by atoms with van der Waals surface area (Å²) in [6.07, 6.45) is 3.09. The number of hydrogen-bond acceptors (Lipinski definition) is 6. The van der Waals surface area contributed by atoms with E-state index in [9.17, 15) is 4.79 Å². The molecule has 162 valence electrons. The smallest absolute Gasteiger partial charge is 0.291 e. The highest BCUT2D eigenvalue weighted by Gasteiger charge is 2.20. The monoisotopic (exact) mass is 422 g/mol. The molecule has 1 aliphatic rings. The highest BCUT2D eigenvalue weighted by atomic mass is 16.5. The van der Waals surface area contributed by atoms with Crippen molar-refractivity contribution in [1.82, 2.24) is 20.3 Å². The first-order chi connectivity index (χ1) is 15.2.